The predicted octanol–water partition coefficient (Wildman–Crippen LogP) is 4.62. The van der Waals surface area contributed by atoms with Crippen LogP contribution in [0, 0.1) is 13.8 Å². The van der Waals surface area contributed by atoms with Gasteiger partial charge in [0.25, 0.3) is 5.91 Å². The van der Waals surface area contributed by atoms with Crippen molar-refractivity contribution in [3.8, 4) is 17.2 Å². The molecule has 2 aromatic rings. The van der Waals surface area contributed by atoms with Crippen molar-refractivity contribution >= 4 is 5.91 Å². The number of carbonyl (C=O) groups excluding carboxylic acids is 1. The Hall–Kier alpha value is -2.69. The third kappa shape index (κ3) is 6.70. The molecule has 0 unspecified atom stereocenters. The van der Waals surface area contributed by atoms with Gasteiger partial charge in [-0.25, -0.2) is 0 Å². The Morgan fingerprint density at radius 3 is 2.52 bits per heavy atom. The number of rotatable bonds is 11. The molecule has 5 heteroatoms. The lowest BCUT2D eigenvalue weighted by Crippen LogP contribution is -2.38. The van der Waals surface area contributed by atoms with E-state index in [0.29, 0.717) is 19.6 Å². The topological polar surface area (TPSA) is 56.8 Å². The van der Waals surface area contributed by atoms with E-state index >= 15 is 0 Å². The molecule has 0 fully saturated rings. The van der Waals surface area contributed by atoms with Gasteiger partial charge in [-0.1, -0.05) is 25.1 Å². The van der Waals surface area contributed by atoms with E-state index in [1.807, 2.05) is 64.1 Å². The van der Waals surface area contributed by atoms with Crippen LogP contribution < -0.4 is 19.5 Å². The maximum absolute atomic E-state index is 12.5. The number of ether oxygens (including phenoxy) is 3. The zero-order valence-electron chi connectivity index (χ0n) is 18.2. The van der Waals surface area contributed by atoms with Gasteiger partial charge in [-0.05, 0) is 74.9 Å². The van der Waals surface area contributed by atoms with Gasteiger partial charge in [-0.15, -0.1) is 0 Å². The van der Waals surface area contributed by atoms with Crippen LogP contribution >= 0.6 is 0 Å². The Kier molecular flexibility index (Phi) is 8.84. The summed E-state index contributed by atoms with van der Waals surface area (Å²) in [5.41, 5.74) is 3.30. The first-order chi connectivity index (χ1) is 14.0. The summed E-state index contributed by atoms with van der Waals surface area (Å²) in [5.74, 6) is 2.19. The maximum Gasteiger partial charge on any atom is 0.261 e. The van der Waals surface area contributed by atoms with E-state index in [-0.39, 0.29) is 5.91 Å². The molecule has 158 valence electrons. The molecule has 0 bridgehead atoms. The number of carbonyl (C=O) groups is 1. The summed E-state index contributed by atoms with van der Waals surface area (Å²) in [6, 6.07) is 12.0. The zero-order valence-corrected chi connectivity index (χ0v) is 18.2. The third-order valence-corrected chi connectivity index (χ3v) is 4.75. The average molecular weight is 400 g/mol. The van der Waals surface area contributed by atoms with E-state index in [9.17, 15) is 4.79 Å². The second-order valence-corrected chi connectivity index (χ2v) is 7.10. The number of amides is 1. The highest BCUT2D eigenvalue weighted by Crippen LogP contribution is 2.28. The number of aryl methyl sites for hydroxylation is 3. The monoisotopic (exact) mass is 399 g/mol. The summed E-state index contributed by atoms with van der Waals surface area (Å²) in [7, 11) is 1.64. The normalized spacial score (nSPS) is 11.6. The fourth-order valence-electron chi connectivity index (χ4n) is 3.07. The Morgan fingerprint density at radius 1 is 1.03 bits per heavy atom. The van der Waals surface area contributed by atoms with Crippen LogP contribution in [0.15, 0.2) is 36.4 Å². The van der Waals surface area contributed by atoms with Crippen LogP contribution in [-0.2, 0) is 11.2 Å². The fourth-order valence-corrected chi connectivity index (χ4v) is 3.07. The van der Waals surface area contributed by atoms with Crippen molar-refractivity contribution < 1.29 is 19.0 Å². The average Bonchev–Trinajstić information content (AvgIpc) is 2.72. The first-order valence-corrected chi connectivity index (χ1v) is 10.3. The minimum absolute atomic E-state index is 0.0716. The SMILES string of the molecule is CCOc1ccc(CCCNC(=O)[C@H](CC)Oc2cc(C)ccc2C)cc1OC. The van der Waals surface area contributed by atoms with Crippen LogP contribution in [0.1, 0.15) is 43.4 Å². The van der Waals surface area contributed by atoms with E-state index in [0.717, 1.165) is 46.8 Å². The number of methoxy groups -OCH3 is 1. The van der Waals surface area contributed by atoms with Crippen LogP contribution in [-0.4, -0.2) is 32.3 Å². The van der Waals surface area contributed by atoms with Gasteiger partial charge in [0.1, 0.15) is 5.75 Å². The smallest absolute Gasteiger partial charge is 0.261 e. The van der Waals surface area contributed by atoms with Crippen molar-refractivity contribution in [2.45, 2.75) is 53.1 Å². The first-order valence-electron chi connectivity index (χ1n) is 10.3. The Balaban J connectivity index is 1.84. The standard InChI is InChI=1S/C24H33NO4/c1-6-20(29-22-15-17(3)10-11-18(22)4)24(26)25-14-8-9-19-12-13-21(28-7-2)23(16-19)27-5/h10-13,15-16,20H,6-9,14H2,1-5H3,(H,25,26)/t20-/m0/s1. The maximum atomic E-state index is 12.5. The Labute approximate surface area is 174 Å². The highest BCUT2D eigenvalue weighted by atomic mass is 16.5. The predicted molar refractivity (Wildman–Crippen MR) is 116 cm³/mol. The summed E-state index contributed by atoms with van der Waals surface area (Å²) >= 11 is 0. The molecule has 0 saturated heterocycles. The second-order valence-electron chi connectivity index (χ2n) is 7.10. The molecule has 0 aliphatic carbocycles. The van der Waals surface area contributed by atoms with Crippen LogP contribution in [0.3, 0.4) is 0 Å². The summed E-state index contributed by atoms with van der Waals surface area (Å²) in [5, 5.41) is 3.00. The largest absolute Gasteiger partial charge is 0.493 e. The first kappa shape index (κ1) is 22.6. The summed E-state index contributed by atoms with van der Waals surface area (Å²) in [4.78, 5) is 12.5. The lowest BCUT2D eigenvalue weighted by atomic mass is 10.1. The quantitative estimate of drug-likeness (QED) is 0.560. The molecule has 29 heavy (non-hydrogen) atoms. The summed E-state index contributed by atoms with van der Waals surface area (Å²) < 4.78 is 16.9. The van der Waals surface area contributed by atoms with Crippen LogP contribution in [0.4, 0.5) is 0 Å². The van der Waals surface area contributed by atoms with Crippen molar-refractivity contribution in [3.63, 3.8) is 0 Å². The molecule has 1 atom stereocenters. The number of nitrogens with one attached hydrogen (secondary N) is 1. The molecule has 0 spiro atoms. The van der Waals surface area contributed by atoms with Crippen molar-refractivity contribution in [3.05, 3.63) is 53.1 Å². The van der Waals surface area contributed by atoms with Gasteiger partial charge in [-0.2, -0.15) is 0 Å². The van der Waals surface area contributed by atoms with Gasteiger partial charge >= 0.3 is 0 Å². The lowest BCUT2D eigenvalue weighted by molar-refractivity contribution is -0.128. The van der Waals surface area contributed by atoms with Gasteiger partial charge in [0.2, 0.25) is 0 Å². The molecule has 2 aromatic carbocycles. The van der Waals surface area contributed by atoms with E-state index < -0.39 is 6.10 Å². The number of hydrogen-bond donors (Lipinski definition) is 1. The van der Waals surface area contributed by atoms with Crippen LogP contribution in [0.2, 0.25) is 0 Å². The van der Waals surface area contributed by atoms with Crippen molar-refractivity contribution in [1.82, 2.24) is 5.32 Å². The molecule has 1 amide bonds. The molecule has 0 radical (unpaired) electrons. The zero-order chi connectivity index (χ0) is 21.2. The van der Waals surface area contributed by atoms with Crippen molar-refractivity contribution in [1.29, 1.82) is 0 Å². The highest BCUT2D eigenvalue weighted by Gasteiger charge is 2.18. The molecule has 0 aliphatic heterocycles. The molecule has 0 heterocycles. The van der Waals surface area contributed by atoms with Gasteiger partial charge < -0.3 is 19.5 Å². The van der Waals surface area contributed by atoms with Gasteiger partial charge in [0, 0.05) is 6.54 Å². The molecular weight excluding hydrogens is 366 g/mol. The van der Waals surface area contributed by atoms with Crippen molar-refractivity contribution in [2.75, 3.05) is 20.3 Å². The molecule has 1 N–H and O–H groups in total. The van der Waals surface area contributed by atoms with Crippen LogP contribution in [0.25, 0.3) is 0 Å². The summed E-state index contributed by atoms with van der Waals surface area (Å²) in [6.07, 6.45) is 1.82. The number of hydrogen-bond acceptors (Lipinski definition) is 4. The van der Waals surface area contributed by atoms with E-state index in [1.54, 1.807) is 7.11 Å². The Morgan fingerprint density at radius 2 is 1.83 bits per heavy atom. The molecular formula is C24H33NO4. The molecule has 0 saturated carbocycles. The minimum Gasteiger partial charge on any atom is -0.493 e. The minimum atomic E-state index is -0.485. The van der Waals surface area contributed by atoms with E-state index in [4.69, 9.17) is 14.2 Å². The molecule has 5 nitrogen and oxygen atoms in total. The second kappa shape index (κ2) is 11.3. The third-order valence-electron chi connectivity index (χ3n) is 4.75. The highest BCUT2D eigenvalue weighted by molar-refractivity contribution is 5.81. The Bertz CT molecular complexity index is 803. The molecule has 0 aromatic heterocycles. The fraction of sp³-hybridized carbons (Fsp3) is 0.458. The summed E-state index contributed by atoms with van der Waals surface area (Å²) in [6.45, 7) is 9.12. The van der Waals surface area contributed by atoms with E-state index in [2.05, 4.69) is 5.32 Å². The van der Waals surface area contributed by atoms with Crippen LogP contribution in [0.5, 0.6) is 17.2 Å². The number of benzene rings is 2. The van der Waals surface area contributed by atoms with Crippen molar-refractivity contribution in [2.24, 2.45) is 0 Å². The van der Waals surface area contributed by atoms with Gasteiger partial charge in [-0.3, -0.25) is 4.79 Å². The van der Waals surface area contributed by atoms with Gasteiger partial charge in [0.15, 0.2) is 17.6 Å². The van der Waals surface area contributed by atoms with Gasteiger partial charge in [0.05, 0.1) is 13.7 Å². The molecule has 0 aliphatic rings. The van der Waals surface area contributed by atoms with E-state index in [1.165, 1.54) is 0 Å². The molecule has 2 rings (SSSR count). The lowest BCUT2D eigenvalue weighted by Gasteiger charge is -2.19.